The molecule has 28 heavy (non-hydrogen) atoms. The highest BCUT2D eigenvalue weighted by atomic mass is 32.2. The summed E-state index contributed by atoms with van der Waals surface area (Å²) in [5, 5.41) is 12.7. The van der Waals surface area contributed by atoms with Crippen molar-refractivity contribution in [2.24, 2.45) is 23.5 Å². The standard InChI is InChI=1S/C19H20FN5O2S/c1-9-6-12(4-5-14(9)26)23-19-22-8-13(20)18(24-19)28-25-16-11-3-2-10(7-11)15(16)17(21)27/h2-6,8,10-11,15-16,25-26H,7H2,1H3,(H2,21,27)(H,22,23,24). The fraction of sp³-hybridized carbons (Fsp3) is 0.316. The molecule has 9 heteroatoms. The number of nitrogens with zero attached hydrogens (tertiary/aromatic N) is 2. The predicted molar refractivity (Wildman–Crippen MR) is 104 cm³/mol. The summed E-state index contributed by atoms with van der Waals surface area (Å²) >= 11 is 1.04. The van der Waals surface area contributed by atoms with E-state index in [1.54, 1.807) is 25.1 Å². The monoisotopic (exact) mass is 401 g/mol. The first-order valence-electron chi connectivity index (χ1n) is 8.91. The maximum atomic E-state index is 14.2. The minimum atomic E-state index is -0.556. The van der Waals surface area contributed by atoms with Gasteiger partial charge in [-0.05, 0) is 60.9 Å². The third-order valence-corrected chi connectivity index (χ3v) is 6.11. The molecule has 146 valence electrons. The number of phenolic OH excluding ortho intramolecular Hbond substituents is 1. The molecule has 0 radical (unpaired) electrons. The fourth-order valence-corrected chi connectivity index (χ4v) is 4.69. The number of allylic oxidation sites excluding steroid dienone is 1. The Morgan fingerprint density at radius 1 is 1.36 bits per heavy atom. The summed E-state index contributed by atoms with van der Waals surface area (Å²) in [5.41, 5.74) is 6.93. The third-order valence-electron chi connectivity index (χ3n) is 5.24. The second kappa shape index (κ2) is 7.40. The van der Waals surface area contributed by atoms with Crippen LogP contribution in [0.5, 0.6) is 5.75 Å². The molecule has 1 fully saturated rings. The topological polar surface area (TPSA) is 113 Å². The largest absolute Gasteiger partial charge is 0.508 e. The van der Waals surface area contributed by atoms with Crippen molar-refractivity contribution < 1.29 is 14.3 Å². The zero-order valence-electron chi connectivity index (χ0n) is 15.1. The number of halogens is 1. The Morgan fingerprint density at radius 2 is 2.14 bits per heavy atom. The lowest BCUT2D eigenvalue weighted by Crippen LogP contribution is -2.42. The number of fused-ring (bicyclic) bond motifs is 2. The van der Waals surface area contributed by atoms with Crippen LogP contribution < -0.4 is 15.8 Å². The van der Waals surface area contributed by atoms with Crippen LogP contribution in [0.1, 0.15) is 12.0 Å². The molecule has 2 bridgehead atoms. The van der Waals surface area contributed by atoms with E-state index in [9.17, 15) is 14.3 Å². The molecule has 4 rings (SSSR count). The Morgan fingerprint density at radius 3 is 2.89 bits per heavy atom. The molecule has 5 N–H and O–H groups in total. The molecule has 1 saturated carbocycles. The van der Waals surface area contributed by atoms with Crippen LogP contribution in [0.25, 0.3) is 0 Å². The molecule has 0 saturated heterocycles. The Balaban J connectivity index is 1.47. The normalized spacial score (nSPS) is 25.2. The van der Waals surface area contributed by atoms with Gasteiger partial charge in [-0.1, -0.05) is 12.2 Å². The van der Waals surface area contributed by atoms with Crippen LogP contribution in [-0.2, 0) is 4.79 Å². The number of nitrogens with two attached hydrogens (primary N) is 1. The van der Waals surface area contributed by atoms with Crippen molar-refractivity contribution >= 4 is 29.5 Å². The highest BCUT2D eigenvalue weighted by Crippen LogP contribution is 2.44. The quantitative estimate of drug-likeness (QED) is 0.255. The summed E-state index contributed by atoms with van der Waals surface area (Å²) in [7, 11) is 0. The number of carbonyl (C=O) groups is 1. The number of amides is 1. The van der Waals surface area contributed by atoms with Crippen molar-refractivity contribution in [1.29, 1.82) is 0 Å². The van der Waals surface area contributed by atoms with Crippen molar-refractivity contribution in [3.8, 4) is 5.75 Å². The van der Waals surface area contributed by atoms with Crippen LogP contribution in [0.3, 0.4) is 0 Å². The number of aryl methyl sites for hydroxylation is 1. The number of aromatic nitrogens is 2. The number of primary amides is 1. The number of aromatic hydroxyl groups is 1. The number of anilines is 2. The average molecular weight is 401 g/mol. The van der Waals surface area contributed by atoms with Crippen molar-refractivity contribution in [2.75, 3.05) is 5.32 Å². The summed E-state index contributed by atoms with van der Waals surface area (Å²) in [6, 6.07) is 4.83. The highest BCUT2D eigenvalue weighted by Gasteiger charge is 2.47. The minimum absolute atomic E-state index is 0.128. The molecule has 1 aromatic heterocycles. The van der Waals surface area contributed by atoms with E-state index in [0.29, 0.717) is 11.3 Å². The van der Waals surface area contributed by atoms with Crippen molar-refractivity contribution in [3.63, 3.8) is 0 Å². The number of hydrogen-bond donors (Lipinski definition) is 4. The number of rotatable bonds is 6. The smallest absolute Gasteiger partial charge is 0.228 e. The first kappa shape index (κ1) is 18.7. The Kier molecular flexibility index (Phi) is 4.94. The lowest BCUT2D eigenvalue weighted by molar-refractivity contribution is -0.123. The number of hydrogen-bond acceptors (Lipinski definition) is 7. The summed E-state index contributed by atoms with van der Waals surface area (Å²) in [5.74, 6) is -0.430. The zero-order chi connectivity index (χ0) is 19.8. The molecule has 2 aromatic rings. The van der Waals surface area contributed by atoms with E-state index >= 15 is 0 Å². The van der Waals surface area contributed by atoms with Gasteiger partial charge in [-0.25, -0.2) is 14.4 Å². The van der Waals surface area contributed by atoms with Crippen LogP contribution in [0, 0.1) is 30.5 Å². The first-order chi connectivity index (χ1) is 13.4. The maximum Gasteiger partial charge on any atom is 0.228 e. The van der Waals surface area contributed by atoms with E-state index < -0.39 is 5.82 Å². The minimum Gasteiger partial charge on any atom is -0.508 e. The van der Waals surface area contributed by atoms with Gasteiger partial charge < -0.3 is 16.2 Å². The van der Waals surface area contributed by atoms with Gasteiger partial charge in [0.15, 0.2) is 10.8 Å². The van der Waals surface area contributed by atoms with Gasteiger partial charge in [0.2, 0.25) is 11.9 Å². The van der Waals surface area contributed by atoms with Crippen LogP contribution in [0.4, 0.5) is 16.0 Å². The molecule has 0 aliphatic heterocycles. The highest BCUT2D eigenvalue weighted by molar-refractivity contribution is 7.97. The summed E-state index contributed by atoms with van der Waals surface area (Å²) in [6.07, 6.45) is 6.10. The van der Waals surface area contributed by atoms with Crippen LogP contribution in [-0.4, -0.2) is 27.0 Å². The van der Waals surface area contributed by atoms with Crippen LogP contribution in [0.2, 0.25) is 0 Å². The van der Waals surface area contributed by atoms with E-state index in [2.05, 4.69) is 26.1 Å². The van der Waals surface area contributed by atoms with Gasteiger partial charge in [-0.3, -0.25) is 9.52 Å². The second-order valence-electron chi connectivity index (χ2n) is 7.10. The predicted octanol–water partition coefficient (Wildman–Crippen LogP) is 2.65. The van der Waals surface area contributed by atoms with Crippen molar-refractivity contribution in [1.82, 2.24) is 14.7 Å². The van der Waals surface area contributed by atoms with Gasteiger partial charge in [0.1, 0.15) is 5.75 Å². The molecule has 7 nitrogen and oxygen atoms in total. The third kappa shape index (κ3) is 3.55. The molecule has 0 spiro atoms. The van der Waals surface area contributed by atoms with E-state index in [1.807, 2.05) is 6.08 Å². The number of phenols is 1. The first-order valence-corrected chi connectivity index (χ1v) is 9.73. The van der Waals surface area contributed by atoms with Crippen molar-refractivity contribution in [2.45, 2.75) is 24.4 Å². The molecule has 1 amide bonds. The van der Waals surface area contributed by atoms with E-state index in [-0.39, 0.29) is 46.4 Å². The van der Waals surface area contributed by atoms with Crippen LogP contribution in [0.15, 0.2) is 41.6 Å². The molecule has 2 aliphatic rings. The number of carbonyl (C=O) groups excluding carboxylic acids is 1. The van der Waals surface area contributed by atoms with Gasteiger partial charge in [-0.2, -0.15) is 0 Å². The molecule has 1 heterocycles. The summed E-state index contributed by atoms with van der Waals surface area (Å²) < 4.78 is 17.4. The lowest BCUT2D eigenvalue weighted by Gasteiger charge is -2.25. The number of benzene rings is 1. The SMILES string of the molecule is Cc1cc(Nc2ncc(F)c(SNC3C4C=CC(C4)C3C(N)=O)n2)ccc1O. The average Bonchev–Trinajstić information content (AvgIpc) is 3.26. The molecule has 2 aliphatic carbocycles. The van der Waals surface area contributed by atoms with E-state index in [1.165, 1.54) is 0 Å². The van der Waals surface area contributed by atoms with Gasteiger partial charge in [-0.15, -0.1) is 0 Å². The van der Waals surface area contributed by atoms with Crippen molar-refractivity contribution in [3.05, 3.63) is 47.9 Å². The molecular weight excluding hydrogens is 381 g/mol. The molecule has 4 atom stereocenters. The molecular formula is C19H20FN5O2S. The molecule has 1 aromatic carbocycles. The van der Waals surface area contributed by atoms with E-state index in [4.69, 9.17) is 5.73 Å². The van der Waals surface area contributed by atoms with Gasteiger partial charge >= 0.3 is 0 Å². The van der Waals surface area contributed by atoms with Crippen LogP contribution >= 0.6 is 11.9 Å². The lowest BCUT2D eigenvalue weighted by atomic mass is 9.89. The maximum absolute atomic E-state index is 14.2. The van der Waals surface area contributed by atoms with E-state index in [0.717, 1.165) is 24.6 Å². The zero-order valence-corrected chi connectivity index (χ0v) is 15.9. The van der Waals surface area contributed by atoms with Gasteiger partial charge in [0.25, 0.3) is 0 Å². The summed E-state index contributed by atoms with van der Waals surface area (Å²) in [6.45, 7) is 1.77. The number of nitrogens with one attached hydrogen (secondary N) is 2. The Labute approximate surface area is 165 Å². The fourth-order valence-electron chi connectivity index (χ4n) is 3.84. The Hall–Kier alpha value is -2.65. The second-order valence-corrected chi connectivity index (χ2v) is 7.92. The van der Waals surface area contributed by atoms with Gasteiger partial charge in [0, 0.05) is 11.7 Å². The summed E-state index contributed by atoms with van der Waals surface area (Å²) in [4.78, 5) is 20.0. The molecule has 4 unspecified atom stereocenters. The van der Waals surface area contributed by atoms with Gasteiger partial charge in [0.05, 0.1) is 12.1 Å². The Bertz CT molecular complexity index is 954.